The van der Waals surface area contributed by atoms with E-state index in [1.165, 1.54) is 0 Å². The molecule has 1 aliphatic carbocycles. The van der Waals surface area contributed by atoms with Crippen molar-refractivity contribution in [2.75, 3.05) is 0 Å². The fourth-order valence-electron chi connectivity index (χ4n) is 3.81. The number of nitrogens with one attached hydrogen (secondary N) is 2. The molecule has 6 heteroatoms. The van der Waals surface area contributed by atoms with Gasteiger partial charge in [0.15, 0.2) is 0 Å². The van der Waals surface area contributed by atoms with Crippen molar-refractivity contribution in [3.63, 3.8) is 0 Å². The van der Waals surface area contributed by atoms with Crippen LogP contribution in [0.4, 0.5) is 0 Å². The maximum absolute atomic E-state index is 12.6. The first-order valence-corrected chi connectivity index (χ1v) is 8.69. The van der Waals surface area contributed by atoms with E-state index in [-0.39, 0.29) is 23.1 Å². The molecule has 6 nitrogen and oxygen atoms in total. The van der Waals surface area contributed by atoms with Crippen LogP contribution in [0, 0.1) is 6.92 Å². The van der Waals surface area contributed by atoms with E-state index < -0.39 is 0 Å². The maximum Gasteiger partial charge on any atom is 0.261 e. The third-order valence-corrected chi connectivity index (χ3v) is 5.03. The minimum atomic E-state index is -0.275. The van der Waals surface area contributed by atoms with E-state index in [1.54, 1.807) is 6.07 Å². The van der Waals surface area contributed by atoms with Crippen LogP contribution < -0.4 is 10.9 Å². The number of rotatable bonds is 2. The van der Waals surface area contributed by atoms with Gasteiger partial charge in [-0.2, -0.15) is 0 Å². The molecule has 0 saturated heterocycles. The fraction of sp³-hybridized carbons (Fsp3) is 0.500. The van der Waals surface area contributed by atoms with Crippen molar-refractivity contribution in [1.82, 2.24) is 19.9 Å². The molecular formula is C18H22N4O2. The first kappa shape index (κ1) is 15.2. The summed E-state index contributed by atoms with van der Waals surface area (Å²) in [5.74, 6) is 0.805. The molecule has 2 aromatic rings. The van der Waals surface area contributed by atoms with Crippen molar-refractivity contribution >= 4 is 5.91 Å². The van der Waals surface area contributed by atoms with Gasteiger partial charge in [-0.05, 0) is 50.7 Å². The molecule has 24 heavy (non-hydrogen) atoms. The monoisotopic (exact) mass is 326 g/mol. The number of fused-ring (bicyclic) bond motifs is 2. The van der Waals surface area contributed by atoms with Crippen molar-refractivity contribution < 1.29 is 4.79 Å². The number of nitrogens with zero attached hydrogens (tertiary/aromatic N) is 2. The molecule has 126 valence electrons. The summed E-state index contributed by atoms with van der Waals surface area (Å²) in [4.78, 5) is 32.2. The van der Waals surface area contributed by atoms with Crippen LogP contribution >= 0.6 is 0 Å². The van der Waals surface area contributed by atoms with Crippen LogP contribution in [-0.2, 0) is 25.8 Å². The van der Waals surface area contributed by atoms with Crippen LogP contribution in [0.15, 0.2) is 17.1 Å². The summed E-state index contributed by atoms with van der Waals surface area (Å²) >= 11 is 0. The summed E-state index contributed by atoms with van der Waals surface area (Å²) in [5, 5.41) is 3.03. The standard InChI is InChI=1S/C18H22N4O2/c1-11-9-22-10-13(6-7-16(22)19-11)20-17(23)14-8-12-4-2-3-5-15(12)21-18(14)24/h8-9,13H,2-7,10H2,1H3,(H,20,23)(H,21,24)/t13-/m0/s1. The summed E-state index contributed by atoms with van der Waals surface area (Å²) in [5.41, 5.74) is 3.08. The van der Waals surface area contributed by atoms with Crippen molar-refractivity contribution in [2.24, 2.45) is 0 Å². The molecule has 2 N–H and O–H groups in total. The van der Waals surface area contributed by atoms with E-state index in [1.807, 2.05) is 13.1 Å². The Labute approximate surface area is 140 Å². The van der Waals surface area contributed by atoms with Gasteiger partial charge in [-0.15, -0.1) is 0 Å². The highest BCUT2D eigenvalue weighted by atomic mass is 16.2. The quantitative estimate of drug-likeness (QED) is 0.878. The number of H-pyrrole nitrogens is 1. The van der Waals surface area contributed by atoms with Gasteiger partial charge < -0.3 is 14.9 Å². The molecule has 1 atom stereocenters. The minimum absolute atomic E-state index is 0.0361. The Morgan fingerprint density at radius 3 is 3.04 bits per heavy atom. The summed E-state index contributed by atoms with van der Waals surface area (Å²) in [6.45, 7) is 2.69. The highest BCUT2D eigenvalue weighted by Gasteiger charge is 2.23. The van der Waals surface area contributed by atoms with E-state index in [0.29, 0.717) is 6.54 Å². The van der Waals surface area contributed by atoms with Gasteiger partial charge in [0.1, 0.15) is 11.4 Å². The van der Waals surface area contributed by atoms with Gasteiger partial charge in [0.25, 0.3) is 11.5 Å². The van der Waals surface area contributed by atoms with Gasteiger partial charge in [0.2, 0.25) is 0 Å². The van der Waals surface area contributed by atoms with Crippen molar-refractivity contribution in [2.45, 2.75) is 58.0 Å². The molecule has 0 unspecified atom stereocenters. The fourth-order valence-corrected chi connectivity index (χ4v) is 3.81. The second kappa shape index (κ2) is 5.92. The van der Waals surface area contributed by atoms with Gasteiger partial charge >= 0.3 is 0 Å². The van der Waals surface area contributed by atoms with E-state index in [9.17, 15) is 9.59 Å². The van der Waals surface area contributed by atoms with E-state index in [0.717, 1.165) is 61.3 Å². The number of hydrogen-bond acceptors (Lipinski definition) is 3. The molecule has 0 spiro atoms. The first-order chi connectivity index (χ1) is 11.6. The number of hydrogen-bond donors (Lipinski definition) is 2. The molecule has 0 aromatic carbocycles. The maximum atomic E-state index is 12.6. The third kappa shape index (κ3) is 2.77. The molecule has 4 rings (SSSR count). The zero-order valence-electron chi connectivity index (χ0n) is 13.9. The average molecular weight is 326 g/mol. The molecule has 1 aliphatic heterocycles. The van der Waals surface area contributed by atoms with Gasteiger partial charge in [0.05, 0.1) is 5.69 Å². The van der Waals surface area contributed by atoms with Gasteiger partial charge in [-0.1, -0.05) is 0 Å². The van der Waals surface area contributed by atoms with Gasteiger partial charge in [-0.3, -0.25) is 9.59 Å². The Kier molecular flexibility index (Phi) is 3.75. The second-order valence-electron chi connectivity index (χ2n) is 6.88. The molecule has 2 aliphatic rings. The Morgan fingerprint density at radius 2 is 2.17 bits per heavy atom. The lowest BCUT2D eigenvalue weighted by molar-refractivity contribution is 0.0926. The molecule has 1 amide bonds. The molecule has 3 heterocycles. The molecule has 0 bridgehead atoms. The highest BCUT2D eigenvalue weighted by molar-refractivity contribution is 5.94. The Bertz CT molecular complexity index is 849. The lowest BCUT2D eigenvalue weighted by Gasteiger charge is -2.25. The summed E-state index contributed by atoms with van der Waals surface area (Å²) in [6.07, 6.45) is 7.77. The lowest BCUT2D eigenvalue weighted by Crippen LogP contribution is -2.42. The SMILES string of the molecule is Cc1cn2c(n1)CC[C@H](NC(=O)c1cc3c([nH]c1=O)CCCC3)C2. The average Bonchev–Trinajstić information content (AvgIpc) is 2.93. The number of aromatic amines is 1. The summed E-state index contributed by atoms with van der Waals surface area (Å²) in [7, 11) is 0. The van der Waals surface area contributed by atoms with Crippen LogP contribution in [-0.4, -0.2) is 26.5 Å². The normalized spacial score (nSPS) is 19.5. The molecule has 0 fully saturated rings. The number of aryl methyl sites for hydroxylation is 4. The lowest BCUT2D eigenvalue weighted by atomic mass is 9.95. The summed E-state index contributed by atoms with van der Waals surface area (Å²) in [6, 6.07) is 1.83. The van der Waals surface area contributed by atoms with Crippen LogP contribution in [0.5, 0.6) is 0 Å². The summed E-state index contributed by atoms with van der Waals surface area (Å²) < 4.78 is 2.10. The Morgan fingerprint density at radius 1 is 1.33 bits per heavy atom. The van der Waals surface area contributed by atoms with E-state index in [2.05, 4.69) is 19.9 Å². The van der Waals surface area contributed by atoms with Crippen LogP contribution in [0.25, 0.3) is 0 Å². The Balaban J connectivity index is 1.52. The zero-order valence-corrected chi connectivity index (χ0v) is 13.9. The smallest absolute Gasteiger partial charge is 0.261 e. The van der Waals surface area contributed by atoms with E-state index in [4.69, 9.17) is 0 Å². The number of amides is 1. The largest absolute Gasteiger partial charge is 0.347 e. The van der Waals surface area contributed by atoms with Crippen LogP contribution in [0.3, 0.4) is 0 Å². The second-order valence-corrected chi connectivity index (χ2v) is 6.88. The van der Waals surface area contributed by atoms with Crippen molar-refractivity contribution in [3.8, 4) is 0 Å². The topological polar surface area (TPSA) is 79.8 Å². The molecule has 0 radical (unpaired) electrons. The first-order valence-electron chi connectivity index (χ1n) is 8.69. The van der Waals surface area contributed by atoms with Gasteiger partial charge in [0, 0.05) is 30.9 Å². The number of carbonyl (C=O) groups excluding carboxylic acids is 1. The van der Waals surface area contributed by atoms with Crippen molar-refractivity contribution in [3.05, 3.63) is 51.0 Å². The number of carbonyl (C=O) groups is 1. The predicted octanol–water partition coefficient (Wildman–Crippen LogP) is 1.50. The van der Waals surface area contributed by atoms with Crippen LogP contribution in [0.1, 0.15) is 52.4 Å². The number of aromatic nitrogens is 3. The zero-order chi connectivity index (χ0) is 16.7. The Hall–Kier alpha value is -2.37. The van der Waals surface area contributed by atoms with Gasteiger partial charge in [-0.25, -0.2) is 4.98 Å². The molecular weight excluding hydrogens is 304 g/mol. The van der Waals surface area contributed by atoms with Crippen LogP contribution in [0.2, 0.25) is 0 Å². The van der Waals surface area contributed by atoms with Crippen molar-refractivity contribution in [1.29, 1.82) is 0 Å². The minimum Gasteiger partial charge on any atom is -0.347 e. The highest BCUT2D eigenvalue weighted by Crippen LogP contribution is 2.19. The third-order valence-electron chi connectivity index (χ3n) is 5.03. The molecule has 2 aromatic heterocycles. The predicted molar refractivity (Wildman–Crippen MR) is 90.2 cm³/mol. The number of pyridine rings is 1. The van der Waals surface area contributed by atoms with E-state index >= 15 is 0 Å². The number of imidazole rings is 1. The molecule has 0 saturated carbocycles.